The molecule has 3 nitrogen and oxygen atoms in total. The second kappa shape index (κ2) is 5.46. The molecule has 2 aromatic heterocycles. The molecule has 0 saturated heterocycles. The predicted molar refractivity (Wildman–Crippen MR) is 66.4 cm³/mol. The fourth-order valence-corrected chi connectivity index (χ4v) is 2.09. The topological polar surface area (TPSA) is 64.9 Å². The van der Waals surface area contributed by atoms with Gasteiger partial charge in [0.25, 0.3) is 0 Å². The minimum atomic E-state index is -0.442. The Kier molecular flexibility index (Phi) is 5.23. The molecule has 0 bridgehead atoms. The Hall–Kier alpha value is -0.620. The summed E-state index contributed by atoms with van der Waals surface area (Å²) in [4.78, 5) is 4.65. The number of rotatable bonds is 1. The molecule has 0 spiro atoms. The number of anilines is 1. The van der Waals surface area contributed by atoms with Crippen LogP contribution in [0.1, 0.15) is 4.88 Å². The van der Waals surface area contributed by atoms with Crippen LogP contribution >= 0.6 is 36.2 Å². The highest BCUT2D eigenvalue weighted by atomic mass is 35.5. The van der Waals surface area contributed by atoms with E-state index in [9.17, 15) is 4.39 Å². The first-order valence-electron chi connectivity index (χ1n) is 3.75. The highest BCUT2D eigenvalue weighted by Crippen LogP contribution is 2.29. The number of hydrogen-bond acceptors (Lipinski definition) is 4. The van der Waals surface area contributed by atoms with Gasteiger partial charge >= 0.3 is 0 Å². The quantitative estimate of drug-likeness (QED) is 0.835. The van der Waals surface area contributed by atoms with Gasteiger partial charge in [0.1, 0.15) is 0 Å². The standard InChI is InChI=1S/C8H8FN3S.2ClH/c9-6-7-4(3-12-8(6)11)1-5(2-10)13-7;;/h1,3H,2,10H2,(H2,11,12);2*1H. The number of thiophene rings is 1. The van der Waals surface area contributed by atoms with E-state index in [1.165, 1.54) is 11.3 Å². The van der Waals surface area contributed by atoms with E-state index in [-0.39, 0.29) is 30.6 Å². The molecule has 0 aliphatic heterocycles. The highest BCUT2D eigenvalue weighted by molar-refractivity contribution is 7.19. The Bertz CT molecular complexity index is 460. The van der Waals surface area contributed by atoms with E-state index in [2.05, 4.69) is 4.98 Å². The monoisotopic (exact) mass is 269 g/mol. The zero-order valence-electron chi connectivity index (χ0n) is 7.57. The summed E-state index contributed by atoms with van der Waals surface area (Å²) in [6.45, 7) is 0.415. The molecule has 0 aliphatic rings. The van der Waals surface area contributed by atoms with E-state index in [0.29, 0.717) is 11.2 Å². The van der Waals surface area contributed by atoms with Crippen LogP contribution in [0.15, 0.2) is 12.3 Å². The number of hydrogen-bond donors (Lipinski definition) is 2. The van der Waals surface area contributed by atoms with Gasteiger partial charge in [-0.25, -0.2) is 9.37 Å². The van der Waals surface area contributed by atoms with E-state index in [1.54, 1.807) is 6.20 Å². The van der Waals surface area contributed by atoms with Gasteiger partial charge in [0.2, 0.25) is 0 Å². The molecule has 2 heterocycles. The van der Waals surface area contributed by atoms with Crippen LogP contribution in [0.3, 0.4) is 0 Å². The minimum absolute atomic E-state index is 0. The number of aromatic nitrogens is 1. The summed E-state index contributed by atoms with van der Waals surface area (Å²) < 4.78 is 13.9. The Morgan fingerprint density at radius 2 is 2.07 bits per heavy atom. The van der Waals surface area contributed by atoms with Gasteiger partial charge in [0.05, 0.1) is 4.70 Å². The van der Waals surface area contributed by atoms with Gasteiger partial charge in [-0.05, 0) is 6.07 Å². The van der Waals surface area contributed by atoms with Crippen LogP contribution in [0.2, 0.25) is 0 Å². The van der Waals surface area contributed by atoms with Crippen molar-refractivity contribution >= 4 is 52.1 Å². The zero-order chi connectivity index (χ0) is 9.42. The third-order valence-corrected chi connectivity index (χ3v) is 2.95. The molecule has 0 unspecified atom stereocenters. The van der Waals surface area contributed by atoms with Gasteiger partial charge in [-0.15, -0.1) is 36.2 Å². The average Bonchev–Trinajstić information content (AvgIpc) is 2.55. The highest BCUT2D eigenvalue weighted by Gasteiger charge is 2.09. The van der Waals surface area contributed by atoms with Gasteiger partial charge in [-0.1, -0.05) is 0 Å². The maximum atomic E-state index is 13.3. The first-order valence-corrected chi connectivity index (χ1v) is 4.56. The zero-order valence-corrected chi connectivity index (χ0v) is 10.0. The summed E-state index contributed by atoms with van der Waals surface area (Å²) in [6.07, 6.45) is 1.56. The number of nitrogen functional groups attached to an aromatic ring is 1. The molecule has 0 saturated carbocycles. The largest absolute Gasteiger partial charge is 0.381 e. The lowest BCUT2D eigenvalue weighted by Crippen LogP contribution is -1.93. The van der Waals surface area contributed by atoms with Gasteiger partial charge in [-0.3, -0.25) is 0 Å². The molecule has 2 rings (SSSR count). The summed E-state index contributed by atoms with van der Waals surface area (Å²) in [6, 6.07) is 1.83. The smallest absolute Gasteiger partial charge is 0.182 e. The maximum absolute atomic E-state index is 13.3. The molecule has 0 amide bonds. The average molecular weight is 270 g/mol. The molecule has 0 atom stereocenters. The van der Waals surface area contributed by atoms with E-state index in [1.807, 2.05) is 6.07 Å². The van der Waals surface area contributed by atoms with Crippen LogP contribution in [-0.4, -0.2) is 4.98 Å². The van der Waals surface area contributed by atoms with E-state index in [0.717, 1.165) is 10.3 Å². The van der Waals surface area contributed by atoms with Gasteiger partial charge < -0.3 is 11.5 Å². The van der Waals surface area contributed by atoms with Crippen molar-refractivity contribution in [1.82, 2.24) is 4.98 Å². The fraction of sp³-hybridized carbons (Fsp3) is 0.125. The Labute approximate surface area is 102 Å². The van der Waals surface area contributed by atoms with Crippen molar-refractivity contribution in [2.75, 3.05) is 5.73 Å². The van der Waals surface area contributed by atoms with Crippen LogP contribution in [0.4, 0.5) is 10.2 Å². The lowest BCUT2D eigenvalue weighted by Gasteiger charge is -1.94. The molecule has 15 heavy (non-hydrogen) atoms. The van der Waals surface area contributed by atoms with Crippen LogP contribution < -0.4 is 11.5 Å². The van der Waals surface area contributed by atoms with E-state index >= 15 is 0 Å². The van der Waals surface area contributed by atoms with Crippen molar-refractivity contribution in [3.05, 3.63) is 23.0 Å². The number of nitrogens with two attached hydrogens (primary N) is 2. The SMILES string of the molecule is Cl.Cl.NCc1cc2cnc(N)c(F)c2s1. The molecule has 0 aromatic carbocycles. The number of pyridine rings is 1. The molecule has 0 aliphatic carbocycles. The van der Waals surface area contributed by atoms with Crippen LogP contribution in [-0.2, 0) is 6.54 Å². The summed E-state index contributed by atoms with van der Waals surface area (Å²) in [5.74, 6) is -0.500. The van der Waals surface area contributed by atoms with E-state index in [4.69, 9.17) is 11.5 Å². The van der Waals surface area contributed by atoms with Crippen molar-refractivity contribution in [2.24, 2.45) is 5.73 Å². The van der Waals surface area contributed by atoms with E-state index < -0.39 is 5.82 Å². The molecule has 7 heteroatoms. The fourth-order valence-electron chi connectivity index (χ4n) is 1.14. The molecule has 84 valence electrons. The van der Waals surface area contributed by atoms with Crippen molar-refractivity contribution in [3.63, 3.8) is 0 Å². The van der Waals surface area contributed by atoms with Crippen molar-refractivity contribution < 1.29 is 4.39 Å². The lowest BCUT2D eigenvalue weighted by molar-refractivity contribution is 0.641. The summed E-state index contributed by atoms with van der Waals surface area (Å²) in [5, 5.41) is 0.761. The lowest BCUT2D eigenvalue weighted by atomic mass is 10.3. The molecule has 0 fully saturated rings. The first-order chi connectivity index (χ1) is 6.22. The molecule has 4 N–H and O–H groups in total. The molecular weight excluding hydrogens is 260 g/mol. The second-order valence-electron chi connectivity index (χ2n) is 2.66. The number of nitrogens with zero attached hydrogens (tertiary/aromatic N) is 1. The van der Waals surface area contributed by atoms with Crippen molar-refractivity contribution in [3.8, 4) is 0 Å². The van der Waals surface area contributed by atoms with Gasteiger partial charge in [-0.2, -0.15) is 0 Å². The summed E-state index contributed by atoms with van der Waals surface area (Å²) in [7, 11) is 0. The predicted octanol–water partition coefficient (Wildman–Crippen LogP) is 2.32. The molecule has 0 radical (unpaired) electrons. The Morgan fingerprint density at radius 3 is 2.67 bits per heavy atom. The summed E-state index contributed by atoms with van der Waals surface area (Å²) >= 11 is 1.32. The van der Waals surface area contributed by atoms with Gasteiger partial charge in [0.15, 0.2) is 11.6 Å². The normalized spacial score (nSPS) is 9.47. The Balaban J connectivity index is 0.000000980. The number of halogens is 3. The van der Waals surface area contributed by atoms with Crippen molar-refractivity contribution in [2.45, 2.75) is 6.54 Å². The Morgan fingerprint density at radius 1 is 1.40 bits per heavy atom. The molecule has 2 aromatic rings. The minimum Gasteiger partial charge on any atom is -0.381 e. The first kappa shape index (κ1) is 14.4. The summed E-state index contributed by atoms with van der Waals surface area (Å²) in [5.41, 5.74) is 10.8. The van der Waals surface area contributed by atoms with Crippen molar-refractivity contribution in [1.29, 1.82) is 0 Å². The van der Waals surface area contributed by atoms with Crippen LogP contribution in [0, 0.1) is 5.82 Å². The number of fused-ring (bicyclic) bond motifs is 1. The van der Waals surface area contributed by atoms with Crippen LogP contribution in [0.25, 0.3) is 10.1 Å². The second-order valence-corrected chi connectivity index (χ2v) is 3.80. The maximum Gasteiger partial charge on any atom is 0.182 e. The third kappa shape index (κ3) is 2.49. The third-order valence-electron chi connectivity index (χ3n) is 1.78. The van der Waals surface area contributed by atoms with Crippen LogP contribution in [0.5, 0.6) is 0 Å². The van der Waals surface area contributed by atoms with Gasteiger partial charge in [0, 0.05) is 23.0 Å². The molecular formula is C8H10Cl2FN3S.